The molecule has 2 N–H and O–H groups in total. The van der Waals surface area contributed by atoms with E-state index in [2.05, 4.69) is 10.1 Å². The van der Waals surface area contributed by atoms with Crippen LogP contribution in [0.1, 0.15) is 74.1 Å². The first-order valence-corrected chi connectivity index (χ1v) is 14.0. The van der Waals surface area contributed by atoms with Crippen molar-refractivity contribution in [3.63, 3.8) is 0 Å². The second-order valence-corrected chi connectivity index (χ2v) is 13.1. The fraction of sp³-hybridized carbons (Fsp3) is 0.680. The molecule has 2 rings (SSSR count). The van der Waals surface area contributed by atoms with Crippen LogP contribution in [0.5, 0.6) is 0 Å². The molecule has 0 aliphatic heterocycles. The molecule has 0 aromatic carbocycles. The quantitative estimate of drug-likeness (QED) is 0.201. The third-order valence-corrected chi connectivity index (χ3v) is 6.59. The molecule has 0 saturated carbocycles. The maximum absolute atomic E-state index is 13.3. The van der Waals surface area contributed by atoms with Crippen molar-refractivity contribution >= 4 is 31.1 Å². The second-order valence-electron chi connectivity index (χ2n) is 11.4. The fourth-order valence-corrected chi connectivity index (χ4v) is 4.06. The first kappa shape index (κ1) is 32.6. The number of carbonyl (C=O) groups excluding carboxylic acids is 2. The average Bonchev–Trinajstić information content (AvgIpc) is 3.25. The summed E-state index contributed by atoms with van der Waals surface area (Å²) in [4.78, 5) is 28.1. The highest BCUT2D eigenvalue weighted by Crippen LogP contribution is 2.50. The summed E-state index contributed by atoms with van der Waals surface area (Å²) >= 11 is 0. The number of hydrogen-bond donors (Lipinski definition) is 1. The summed E-state index contributed by atoms with van der Waals surface area (Å²) in [5, 5.41) is 4.27. The van der Waals surface area contributed by atoms with Crippen molar-refractivity contribution in [2.45, 2.75) is 74.5 Å². The van der Waals surface area contributed by atoms with Crippen LogP contribution in [0.2, 0.25) is 0 Å². The maximum atomic E-state index is 13.3. The summed E-state index contributed by atoms with van der Waals surface area (Å²) in [6.45, 7) is 14.0. The van der Waals surface area contributed by atoms with E-state index in [-0.39, 0.29) is 12.5 Å². The van der Waals surface area contributed by atoms with Gasteiger partial charge in [0, 0.05) is 0 Å². The number of nitrogens with zero attached hydrogens (tertiary/aromatic N) is 3. The Kier molecular flexibility index (Phi) is 11.0. The molecule has 2 aromatic rings. The van der Waals surface area contributed by atoms with Crippen molar-refractivity contribution in [1.29, 1.82) is 0 Å². The molecule has 0 aliphatic carbocycles. The predicted octanol–water partition coefficient (Wildman–Crippen LogP) is 4.67. The number of carbonyl (C=O) groups is 2. The van der Waals surface area contributed by atoms with Gasteiger partial charge in [0.25, 0.3) is 0 Å². The summed E-state index contributed by atoms with van der Waals surface area (Å²) in [6.07, 6.45) is 0.332. The minimum atomic E-state index is -4.34. The Morgan fingerprint density at radius 3 is 1.97 bits per heavy atom. The maximum Gasteiger partial charge on any atom is 0.480 e. The molecule has 2 aromatic heterocycles. The lowest BCUT2D eigenvalue weighted by Gasteiger charge is -2.26. The summed E-state index contributed by atoms with van der Waals surface area (Å²) < 4.78 is 47.1. The molecule has 0 spiro atoms. The molecule has 0 amide bonds. The number of rotatable bonds is 13. The lowest BCUT2D eigenvalue weighted by molar-refractivity contribution is -0.163. The molecule has 0 fully saturated rings. The first-order chi connectivity index (χ1) is 17.9. The summed E-state index contributed by atoms with van der Waals surface area (Å²) in [5.41, 5.74) is 5.74. The monoisotopic (exact) mass is 572 g/mol. The van der Waals surface area contributed by atoms with Crippen LogP contribution < -0.4 is 5.73 Å². The lowest BCUT2D eigenvalue weighted by Crippen LogP contribution is -2.26. The number of nitrogen functional groups attached to an aromatic ring is 1. The number of esters is 2. The van der Waals surface area contributed by atoms with E-state index in [0.29, 0.717) is 11.3 Å². The fourth-order valence-electron chi connectivity index (χ4n) is 3.08. The van der Waals surface area contributed by atoms with Gasteiger partial charge in [0.1, 0.15) is 17.9 Å². The number of hydrogen-bond acceptors (Lipinski definition) is 12. The van der Waals surface area contributed by atoms with Crippen molar-refractivity contribution in [2.75, 3.05) is 25.9 Å². The lowest BCUT2D eigenvalue weighted by atomic mass is 9.98. The molecule has 0 radical (unpaired) electrons. The van der Waals surface area contributed by atoms with E-state index in [9.17, 15) is 14.2 Å². The zero-order chi connectivity index (χ0) is 29.6. The van der Waals surface area contributed by atoms with Gasteiger partial charge in [-0.15, -0.1) is 0 Å². The van der Waals surface area contributed by atoms with Crippen molar-refractivity contribution in [1.82, 2.24) is 14.6 Å². The molecule has 39 heavy (non-hydrogen) atoms. The largest absolute Gasteiger partial charge is 0.480 e. The predicted molar refractivity (Wildman–Crippen MR) is 142 cm³/mol. The minimum absolute atomic E-state index is 0.0228. The molecule has 0 bridgehead atoms. The van der Waals surface area contributed by atoms with E-state index in [1.54, 1.807) is 59.0 Å². The van der Waals surface area contributed by atoms with E-state index in [1.165, 1.54) is 6.33 Å². The van der Waals surface area contributed by atoms with Gasteiger partial charge in [-0.25, -0.2) is 23.1 Å². The molecule has 1 unspecified atom stereocenters. The highest BCUT2D eigenvalue weighted by molar-refractivity contribution is 7.48. The number of phosphoric acid groups is 1. The van der Waals surface area contributed by atoms with Crippen LogP contribution >= 0.6 is 7.82 Å². The molecule has 2 atom stereocenters. The van der Waals surface area contributed by atoms with E-state index in [0.717, 1.165) is 5.69 Å². The average molecular weight is 573 g/mol. The van der Waals surface area contributed by atoms with Gasteiger partial charge >= 0.3 is 19.8 Å². The van der Waals surface area contributed by atoms with Gasteiger partial charge < -0.3 is 19.9 Å². The third kappa shape index (κ3) is 9.54. The Morgan fingerprint density at radius 2 is 1.49 bits per heavy atom. The third-order valence-electron chi connectivity index (χ3n) is 5.28. The molecule has 2 heterocycles. The van der Waals surface area contributed by atoms with Crippen LogP contribution in [0.25, 0.3) is 5.52 Å². The summed E-state index contributed by atoms with van der Waals surface area (Å²) in [7, 11) is -4.34. The first-order valence-electron chi connectivity index (χ1n) is 12.6. The highest BCUT2D eigenvalue weighted by atomic mass is 31.2. The van der Waals surface area contributed by atoms with Crippen LogP contribution in [-0.2, 0) is 41.9 Å². The summed E-state index contributed by atoms with van der Waals surface area (Å²) in [5.74, 6) is -0.790. The second kappa shape index (κ2) is 13.2. The Bertz CT molecular complexity index is 1130. The van der Waals surface area contributed by atoms with Gasteiger partial charge in [0.15, 0.2) is 5.82 Å². The van der Waals surface area contributed by atoms with Crippen LogP contribution in [-0.4, -0.2) is 52.8 Å². The van der Waals surface area contributed by atoms with Crippen LogP contribution in [0.4, 0.5) is 5.82 Å². The smallest absolute Gasteiger partial charge is 0.437 e. The SMILES string of the molecule is CC(COP(=O)(OCOC(=O)C(C)(C)C)OCOC(=O)C(C)(C)C)O[C@@H](c1ccc2c(N)ncnn12)C(C)C. The zero-order valence-corrected chi connectivity index (χ0v) is 25.0. The standard InChI is InChI=1S/C25H41N4O9P/c1-16(2)20(18-10-11-19-21(26)27-13-28-29(18)19)38-17(3)12-35-39(32,36-14-33-22(30)24(4,5)6)37-15-34-23(31)25(7,8)9/h10-11,13,16-17,20H,12,14-15H2,1-9H3,(H2,26,27,28)/t17?,20-/m1/s1. The number of ether oxygens (including phenoxy) is 3. The number of nitrogens with two attached hydrogens (primary N) is 1. The molecule has 13 nitrogen and oxygen atoms in total. The van der Waals surface area contributed by atoms with Crippen LogP contribution in [0.15, 0.2) is 18.5 Å². The number of aromatic nitrogens is 3. The van der Waals surface area contributed by atoms with Gasteiger partial charge in [-0.3, -0.25) is 14.1 Å². The van der Waals surface area contributed by atoms with Crippen molar-refractivity contribution < 1.29 is 41.9 Å². The number of phosphoric ester groups is 1. The van der Waals surface area contributed by atoms with Crippen molar-refractivity contribution in [3.05, 3.63) is 24.2 Å². The Morgan fingerprint density at radius 1 is 0.949 bits per heavy atom. The number of anilines is 1. The van der Waals surface area contributed by atoms with Gasteiger partial charge in [0.2, 0.25) is 13.6 Å². The van der Waals surface area contributed by atoms with Gasteiger partial charge in [0.05, 0.1) is 29.2 Å². The van der Waals surface area contributed by atoms with E-state index >= 15 is 0 Å². The van der Waals surface area contributed by atoms with E-state index < -0.39 is 56.4 Å². The Labute approximate surface area is 229 Å². The minimum Gasteiger partial charge on any atom is -0.437 e. The molecular formula is C25H41N4O9P. The normalized spacial score (nSPS) is 14.4. The number of fused-ring (bicyclic) bond motifs is 1. The van der Waals surface area contributed by atoms with Crippen molar-refractivity contribution in [2.24, 2.45) is 16.7 Å². The van der Waals surface area contributed by atoms with Gasteiger partial charge in [-0.05, 0) is 66.5 Å². The van der Waals surface area contributed by atoms with E-state index in [4.69, 9.17) is 33.5 Å². The topological polar surface area (TPSA) is 163 Å². The zero-order valence-electron chi connectivity index (χ0n) is 24.1. The Hall–Kier alpha value is -2.57. The summed E-state index contributed by atoms with van der Waals surface area (Å²) in [6, 6.07) is 3.65. The van der Waals surface area contributed by atoms with Gasteiger partial charge in [-0.2, -0.15) is 5.10 Å². The van der Waals surface area contributed by atoms with Gasteiger partial charge in [-0.1, -0.05) is 13.8 Å². The van der Waals surface area contributed by atoms with Crippen LogP contribution in [0, 0.1) is 16.7 Å². The highest BCUT2D eigenvalue weighted by Gasteiger charge is 2.33. The molecule has 0 aliphatic rings. The molecular weight excluding hydrogens is 531 g/mol. The Balaban J connectivity index is 2.09. The van der Waals surface area contributed by atoms with Crippen LogP contribution in [0.3, 0.4) is 0 Å². The molecule has 220 valence electrons. The molecule has 14 heteroatoms. The van der Waals surface area contributed by atoms with E-state index in [1.807, 2.05) is 19.9 Å². The molecule has 0 saturated heterocycles. The van der Waals surface area contributed by atoms with Crippen molar-refractivity contribution in [3.8, 4) is 0 Å².